The van der Waals surface area contributed by atoms with Gasteiger partial charge >= 0.3 is 11.9 Å². The van der Waals surface area contributed by atoms with E-state index in [2.05, 4.69) is 31.0 Å². The fraction of sp³-hybridized carbons (Fsp3) is 0. The lowest BCUT2D eigenvalue weighted by atomic mass is 10.4. The van der Waals surface area contributed by atoms with Crippen LogP contribution in [0.4, 0.5) is 5.95 Å². The van der Waals surface area contributed by atoms with Crippen molar-refractivity contribution < 1.29 is 14.8 Å². The molecule has 0 aromatic carbocycles. The van der Waals surface area contributed by atoms with Gasteiger partial charge in [-0.05, 0) is 22.0 Å². The van der Waals surface area contributed by atoms with Crippen LogP contribution in [0.25, 0.3) is 11.5 Å². The van der Waals surface area contributed by atoms with Crippen molar-refractivity contribution in [2.45, 2.75) is 0 Å². The zero-order chi connectivity index (χ0) is 15.1. The number of nitro groups is 1. The standard InChI is InChI=1S/C10H5BrN6O4/c11-9-13-10(17(20)21)14-16(9)7-6(8(18)19)15-4-2-1-3-5(15)12-7/h1-4H,(H,18,19). The van der Waals surface area contributed by atoms with Crippen LogP contribution >= 0.6 is 15.9 Å². The van der Waals surface area contributed by atoms with Gasteiger partial charge in [0.2, 0.25) is 5.82 Å². The molecule has 0 atom stereocenters. The van der Waals surface area contributed by atoms with Crippen molar-refractivity contribution in [3.8, 4) is 5.82 Å². The van der Waals surface area contributed by atoms with Crippen molar-refractivity contribution in [3.05, 3.63) is 44.9 Å². The second kappa shape index (κ2) is 4.63. The van der Waals surface area contributed by atoms with Crippen molar-refractivity contribution >= 4 is 33.5 Å². The quantitative estimate of drug-likeness (QED) is 0.555. The lowest BCUT2D eigenvalue weighted by Gasteiger charge is -1.97. The molecule has 11 heteroatoms. The van der Waals surface area contributed by atoms with Gasteiger partial charge in [0.25, 0.3) is 4.73 Å². The Hall–Kier alpha value is -2.82. The number of hydrogen-bond donors (Lipinski definition) is 1. The van der Waals surface area contributed by atoms with Gasteiger partial charge in [-0.1, -0.05) is 6.07 Å². The summed E-state index contributed by atoms with van der Waals surface area (Å²) in [4.78, 5) is 29.1. The van der Waals surface area contributed by atoms with Gasteiger partial charge in [0.1, 0.15) is 5.65 Å². The Kier molecular flexibility index (Phi) is 2.90. The van der Waals surface area contributed by atoms with Crippen LogP contribution in [-0.4, -0.2) is 40.1 Å². The van der Waals surface area contributed by atoms with Gasteiger partial charge in [-0.2, -0.15) is 0 Å². The van der Waals surface area contributed by atoms with E-state index >= 15 is 0 Å². The van der Waals surface area contributed by atoms with Gasteiger partial charge < -0.3 is 15.2 Å². The van der Waals surface area contributed by atoms with Gasteiger partial charge in [-0.3, -0.25) is 4.40 Å². The number of fused-ring (bicyclic) bond motifs is 1. The highest BCUT2D eigenvalue weighted by atomic mass is 79.9. The van der Waals surface area contributed by atoms with Crippen LogP contribution in [0.15, 0.2) is 29.1 Å². The zero-order valence-electron chi connectivity index (χ0n) is 10.0. The van der Waals surface area contributed by atoms with Crippen molar-refractivity contribution in [3.63, 3.8) is 0 Å². The summed E-state index contributed by atoms with van der Waals surface area (Å²) >= 11 is 3.01. The smallest absolute Gasteiger partial charge is 0.476 e. The predicted molar refractivity (Wildman–Crippen MR) is 71.4 cm³/mol. The summed E-state index contributed by atoms with van der Waals surface area (Å²) < 4.78 is 2.30. The molecule has 1 N–H and O–H groups in total. The van der Waals surface area contributed by atoms with Crippen LogP contribution in [0.2, 0.25) is 0 Å². The van der Waals surface area contributed by atoms with E-state index in [4.69, 9.17) is 0 Å². The topological polar surface area (TPSA) is 128 Å². The average Bonchev–Trinajstić information content (AvgIpc) is 2.98. The summed E-state index contributed by atoms with van der Waals surface area (Å²) in [5.74, 6) is -1.97. The van der Waals surface area contributed by atoms with Crippen molar-refractivity contribution in [2.24, 2.45) is 0 Å². The number of pyridine rings is 1. The van der Waals surface area contributed by atoms with E-state index in [1.807, 2.05) is 0 Å². The molecule has 10 nitrogen and oxygen atoms in total. The average molecular weight is 353 g/mol. The molecule has 0 unspecified atom stereocenters. The summed E-state index contributed by atoms with van der Waals surface area (Å²) in [6.45, 7) is 0. The Morgan fingerprint density at radius 2 is 2.14 bits per heavy atom. The van der Waals surface area contributed by atoms with Crippen molar-refractivity contribution in [1.29, 1.82) is 0 Å². The molecule has 0 aliphatic heterocycles. The van der Waals surface area contributed by atoms with E-state index < -0.39 is 16.8 Å². The zero-order valence-corrected chi connectivity index (χ0v) is 11.6. The molecule has 0 aliphatic carbocycles. The SMILES string of the molecule is O=C(O)c1c(-n2nc([N+](=O)[O-])nc2Br)nc2ccccn12. The van der Waals surface area contributed by atoms with Crippen LogP contribution < -0.4 is 0 Å². The maximum Gasteiger partial charge on any atom is 0.492 e. The van der Waals surface area contributed by atoms with Crippen LogP contribution in [0, 0.1) is 10.1 Å². The molecule has 0 saturated carbocycles. The Morgan fingerprint density at radius 1 is 1.38 bits per heavy atom. The Labute approximate surface area is 123 Å². The van der Waals surface area contributed by atoms with Crippen molar-refractivity contribution in [2.75, 3.05) is 0 Å². The molecule has 0 fully saturated rings. The highest BCUT2D eigenvalue weighted by Crippen LogP contribution is 2.22. The Morgan fingerprint density at radius 3 is 2.76 bits per heavy atom. The van der Waals surface area contributed by atoms with E-state index in [1.165, 1.54) is 10.6 Å². The maximum absolute atomic E-state index is 11.5. The van der Waals surface area contributed by atoms with Gasteiger partial charge in [0.15, 0.2) is 5.69 Å². The molecule has 0 spiro atoms. The highest BCUT2D eigenvalue weighted by molar-refractivity contribution is 9.10. The number of carboxylic acid groups (broad SMARTS) is 1. The second-order valence-electron chi connectivity index (χ2n) is 3.87. The van der Waals surface area contributed by atoms with Gasteiger partial charge in [0.05, 0.1) is 0 Å². The molecule has 0 bridgehead atoms. The molecule has 3 aromatic heterocycles. The first-order valence-corrected chi connectivity index (χ1v) is 6.26. The van der Waals surface area contributed by atoms with E-state index in [0.717, 1.165) is 4.68 Å². The predicted octanol–water partition coefficient (Wildman–Crippen LogP) is 1.28. The maximum atomic E-state index is 11.5. The van der Waals surface area contributed by atoms with Crippen LogP contribution in [0.1, 0.15) is 10.5 Å². The summed E-state index contributed by atoms with van der Waals surface area (Å²) in [6.07, 6.45) is 1.52. The van der Waals surface area contributed by atoms with E-state index in [-0.39, 0.29) is 16.2 Å². The molecule has 0 saturated heterocycles. The summed E-state index contributed by atoms with van der Waals surface area (Å²) in [5, 5.41) is 23.7. The summed E-state index contributed by atoms with van der Waals surface area (Å²) in [7, 11) is 0. The second-order valence-corrected chi connectivity index (χ2v) is 4.58. The molecule has 21 heavy (non-hydrogen) atoms. The van der Waals surface area contributed by atoms with Crippen LogP contribution in [0.3, 0.4) is 0 Å². The number of aromatic nitrogens is 5. The minimum Gasteiger partial charge on any atom is -0.476 e. The van der Waals surface area contributed by atoms with Gasteiger partial charge in [-0.15, -0.1) is 4.68 Å². The van der Waals surface area contributed by atoms with E-state index in [9.17, 15) is 20.0 Å². The van der Waals surface area contributed by atoms with Gasteiger partial charge in [-0.25, -0.2) is 9.78 Å². The number of halogens is 1. The largest absolute Gasteiger partial charge is 0.492 e. The van der Waals surface area contributed by atoms with Crippen molar-refractivity contribution in [1.82, 2.24) is 24.1 Å². The Balaban J connectivity index is 2.32. The molecule has 3 rings (SSSR count). The third kappa shape index (κ3) is 2.03. The molecule has 0 aliphatic rings. The third-order valence-corrected chi connectivity index (χ3v) is 3.15. The first kappa shape index (κ1) is 13.2. The lowest BCUT2D eigenvalue weighted by molar-refractivity contribution is -0.394. The molecule has 106 valence electrons. The summed E-state index contributed by atoms with van der Waals surface area (Å²) in [5.41, 5.74) is 0.195. The molecule has 3 heterocycles. The first-order chi connectivity index (χ1) is 9.99. The normalized spacial score (nSPS) is 10.9. The number of carboxylic acids is 1. The molecule has 0 radical (unpaired) electrons. The highest BCUT2D eigenvalue weighted by Gasteiger charge is 2.28. The fourth-order valence-corrected chi connectivity index (χ4v) is 2.23. The number of aromatic carboxylic acids is 1. The number of rotatable bonds is 3. The lowest BCUT2D eigenvalue weighted by Crippen LogP contribution is -2.08. The first-order valence-electron chi connectivity index (χ1n) is 5.46. The number of carbonyl (C=O) groups is 1. The minimum absolute atomic E-state index is 0.0138. The molecular weight excluding hydrogens is 348 g/mol. The monoisotopic (exact) mass is 352 g/mol. The van der Waals surface area contributed by atoms with E-state index in [0.29, 0.717) is 5.65 Å². The van der Waals surface area contributed by atoms with Gasteiger partial charge in [0, 0.05) is 27.2 Å². The van der Waals surface area contributed by atoms with Crippen LogP contribution in [0.5, 0.6) is 0 Å². The Bertz CT molecular complexity index is 885. The van der Waals surface area contributed by atoms with E-state index in [1.54, 1.807) is 18.2 Å². The fourth-order valence-electron chi connectivity index (χ4n) is 1.82. The molecule has 3 aromatic rings. The third-order valence-electron chi connectivity index (χ3n) is 2.63. The number of imidazole rings is 1. The number of hydrogen-bond acceptors (Lipinski definition) is 6. The molecule has 0 amide bonds. The minimum atomic E-state index is -1.24. The molecular formula is C10H5BrN6O4. The summed E-state index contributed by atoms with van der Waals surface area (Å²) in [6, 6.07) is 4.94. The van der Waals surface area contributed by atoms with Crippen LogP contribution in [-0.2, 0) is 0 Å². The number of nitrogens with zero attached hydrogens (tertiary/aromatic N) is 6.